The van der Waals surface area contributed by atoms with Gasteiger partial charge in [0, 0.05) is 10.6 Å². The summed E-state index contributed by atoms with van der Waals surface area (Å²) < 4.78 is 78.5. The SMILES string of the molecule is CS(=O)(=O)N(Cc1ccc(F)cc1)c1ccc(C(=O)Nc2ccc(Cl)cc2C(F)(F)F)cc1. The number of rotatable bonds is 6. The Morgan fingerprint density at radius 1 is 1.00 bits per heavy atom. The van der Waals surface area contributed by atoms with Crippen molar-refractivity contribution in [1.82, 2.24) is 0 Å². The highest BCUT2D eigenvalue weighted by atomic mass is 35.5. The number of carbonyl (C=O) groups is 1. The van der Waals surface area contributed by atoms with E-state index in [1.807, 2.05) is 0 Å². The minimum atomic E-state index is -4.73. The van der Waals surface area contributed by atoms with Crippen LogP contribution in [-0.4, -0.2) is 20.6 Å². The van der Waals surface area contributed by atoms with Gasteiger partial charge in [0.25, 0.3) is 5.91 Å². The number of anilines is 2. The van der Waals surface area contributed by atoms with Crippen LogP contribution in [0.15, 0.2) is 66.7 Å². The van der Waals surface area contributed by atoms with Crippen molar-refractivity contribution in [2.45, 2.75) is 12.7 Å². The second-order valence-corrected chi connectivity index (χ2v) is 9.43. The lowest BCUT2D eigenvalue weighted by atomic mass is 10.1. The molecule has 0 saturated heterocycles. The van der Waals surface area contributed by atoms with Gasteiger partial charge in [0.1, 0.15) is 5.82 Å². The molecule has 0 aliphatic heterocycles. The van der Waals surface area contributed by atoms with Crippen molar-refractivity contribution in [1.29, 1.82) is 0 Å². The summed E-state index contributed by atoms with van der Waals surface area (Å²) in [6.07, 6.45) is -3.73. The van der Waals surface area contributed by atoms with Gasteiger partial charge >= 0.3 is 6.18 Å². The van der Waals surface area contributed by atoms with Crippen LogP contribution in [0.3, 0.4) is 0 Å². The van der Waals surface area contributed by atoms with E-state index in [1.165, 1.54) is 54.6 Å². The van der Waals surface area contributed by atoms with Gasteiger partial charge in [-0.3, -0.25) is 9.10 Å². The molecule has 0 aliphatic rings. The Kier molecular flexibility index (Phi) is 6.99. The van der Waals surface area contributed by atoms with Gasteiger partial charge in [-0.25, -0.2) is 12.8 Å². The maximum Gasteiger partial charge on any atom is 0.418 e. The molecule has 3 rings (SSSR count). The highest BCUT2D eigenvalue weighted by Crippen LogP contribution is 2.36. The van der Waals surface area contributed by atoms with Crippen LogP contribution in [0.4, 0.5) is 28.9 Å². The van der Waals surface area contributed by atoms with Gasteiger partial charge in [0.2, 0.25) is 10.0 Å². The summed E-state index contributed by atoms with van der Waals surface area (Å²) >= 11 is 5.64. The Hall–Kier alpha value is -3.11. The average Bonchev–Trinajstić information content (AvgIpc) is 2.73. The average molecular weight is 501 g/mol. The van der Waals surface area contributed by atoms with E-state index in [-0.39, 0.29) is 22.8 Å². The normalized spacial score (nSPS) is 11.8. The van der Waals surface area contributed by atoms with Crippen molar-refractivity contribution in [3.63, 3.8) is 0 Å². The Morgan fingerprint density at radius 3 is 2.15 bits per heavy atom. The monoisotopic (exact) mass is 500 g/mol. The standard InChI is InChI=1S/C22H17ClF4N2O3S/c1-33(31,32)29(13-14-2-7-17(24)8-3-14)18-9-4-15(5-10-18)21(30)28-20-11-6-16(23)12-19(20)22(25,26)27/h2-12H,13H2,1H3,(H,28,30). The first-order valence-electron chi connectivity index (χ1n) is 9.35. The summed E-state index contributed by atoms with van der Waals surface area (Å²) in [5, 5.41) is 2.07. The molecule has 0 aromatic heterocycles. The van der Waals surface area contributed by atoms with E-state index in [9.17, 15) is 30.8 Å². The van der Waals surface area contributed by atoms with Gasteiger partial charge in [-0.1, -0.05) is 23.7 Å². The Labute approximate surface area is 192 Å². The van der Waals surface area contributed by atoms with E-state index in [4.69, 9.17) is 11.6 Å². The van der Waals surface area contributed by atoms with E-state index in [0.717, 1.165) is 16.6 Å². The smallest absolute Gasteiger partial charge is 0.321 e. The van der Waals surface area contributed by atoms with Crippen molar-refractivity contribution in [2.75, 3.05) is 15.9 Å². The first-order chi connectivity index (χ1) is 15.3. The number of hydrogen-bond donors (Lipinski definition) is 1. The second kappa shape index (κ2) is 9.40. The van der Waals surface area contributed by atoms with Crippen molar-refractivity contribution in [2.24, 2.45) is 0 Å². The Morgan fingerprint density at radius 2 is 1.61 bits per heavy atom. The Balaban J connectivity index is 1.84. The molecule has 5 nitrogen and oxygen atoms in total. The number of benzene rings is 3. The van der Waals surface area contributed by atoms with E-state index in [2.05, 4.69) is 5.32 Å². The fraction of sp³-hybridized carbons (Fsp3) is 0.136. The number of alkyl halides is 3. The molecule has 33 heavy (non-hydrogen) atoms. The predicted molar refractivity (Wildman–Crippen MR) is 118 cm³/mol. The fourth-order valence-electron chi connectivity index (χ4n) is 2.99. The summed E-state index contributed by atoms with van der Waals surface area (Å²) in [5.74, 6) is -1.28. The van der Waals surface area contributed by atoms with Crippen LogP contribution in [0, 0.1) is 5.82 Å². The van der Waals surface area contributed by atoms with Crippen molar-refractivity contribution in [3.8, 4) is 0 Å². The van der Waals surface area contributed by atoms with Crippen LogP contribution < -0.4 is 9.62 Å². The van der Waals surface area contributed by atoms with E-state index < -0.39 is 39.2 Å². The molecule has 0 atom stereocenters. The van der Waals surface area contributed by atoms with Gasteiger partial charge in [-0.05, 0) is 60.2 Å². The predicted octanol–water partition coefficient (Wildman–Crippen LogP) is 5.72. The maximum absolute atomic E-state index is 13.2. The first-order valence-corrected chi connectivity index (χ1v) is 11.6. The second-order valence-electron chi connectivity index (χ2n) is 7.08. The molecule has 0 bridgehead atoms. The molecule has 3 aromatic carbocycles. The molecule has 0 radical (unpaired) electrons. The number of sulfonamides is 1. The third-order valence-electron chi connectivity index (χ3n) is 4.59. The number of halogens is 5. The molecule has 0 saturated carbocycles. The minimum Gasteiger partial charge on any atom is -0.321 e. The zero-order chi connectivity index (χ0) is 24.4. The fourth-order valence-corrected chi connectivity index (χ4v) is 4.05. The van der Waals surface area contributed by atoms with Crippen molar-refractivity contribution in [3.05, 3.63) is 94.3 Å². The summed E-state index contributed by atoms with van der Waals surface area (Å²) in [6, 6.07) is 13.6. The van der Waals surface area contributed by atoms with Crippen LogP contribution in [-0.2, 0) is 22.7 Å². The van der Waals surface area contributed by atoms with Crippen LogP contribution in [0.25, 0.3) is 0 Å². The molecular formula is C22H17ClF4N2O3S. The quantitative estimate of drug-likeness (QED) is 0.440. The van der Waals surface area contributed by atoms with E-state index >= 15 is 0 Å². The zero-order valence-electron chi connectivity index (χ0n) is 17.0. The minimum absolute atomic E-state index is 0.0112. The summed E-state index contributed by atoms with van der Waals surface area (Å²) in [6.45, 7) is -0.0790. The van der Waals surface area contributed by atoms with Crippen LogP contribution >= 0.6 is 11.6 Å². The Bertz CT molecular complexity index is 1260. The molecule has 0 spiro atoms. The maximum atomic E-state index is 13.2. The molecule has 174 valence electrons. The third kappa shape index (κ3) is 6.23. The molecule has 1 N–H and O–H groups in total. The highest BCUT2D eigenvalue weighted by molar-refractivity contribution is 7.92. The molecule has 11 heteroatoms. The molecule has 0 fully saturated rings. The van der Waals surface area contributed by atoms with Crippen LogP contribution in [0.1, 0.15) is 21.5 Å². The largest absolute Gasteiger partial charge is 0.418 e. The van der Waals surface area contributed by atoms with Crippen molar-refractivity contribution < 1.29 is 30.8 Å². The lowest BCUT2D eigenvalue weighted by Crippen LogP contribution is -2.29. The molecule has 0 heterocycles. The molecular weight excluding hydrogens is 484 g/mol. The van der Waals surface area contributed by atoms with Gasteiger partial charge in [-0.15, -0.1) is 0 Å². The van der Waals surface area contributed by atoms with E-state index in [1.54, 1.807) is 0 Å². The summed E-state index contributed by atoms with van der Waals surface area (Å²) in [4.78, 5) is 12.5. The van der Waals surface area contributed by atoms with Gasteiger partial charge in [0.15, 0.2) is 0 Å². The number of amides is 1. The van der Waals surface area contributed by atoms with Crippen molar-refractivity contribution >= 4 is 38.9 Å². The zero-order valence-corrected chi connectivity index (χ0v) is 18.6. The van der Waals surface area contributed by atoms with Gasteiger partial charge in [0.05, 0.1) is 29.7 Å². The number of nitrogens with zero attached hydrogens (tertiary/aromatic N) is 1. The molecule has 3 aromatic rings. The molecule has 1 amide bonds. The first kappa shape index (κ1) is 24.5. The number of hydrogen-bond acceptors (Lipinski definition) is 3. The summed E-state index contributed by atoms with van der Waals surface area (Å²) in [5.41, 5.74) is -0.790. The van der Waals surface area contributed by atoms with Gasteiger partial charge in [-0.2, -0.15) is 13.2 Å². The lowest BCUT2D eigenvalue weighted by Gasteiger charge is -2.23. The number of nitrogens with one attached hydrogen (secondary N) is 1. The summed E-state index contributed by atoms with van der Waals surface area (Å²) in [7, 11) is -3.73. The molecule has 0 aliphatic carbocycles. The van der Waals surface area contributed by atoms with Gasteiger partial charge < -0.3 is 5.32 Å². The van der Waals surface area contributed by atoms with E-state index in [0.29, 0.717) is 11.6 Å². The van der Waals surface area contributed by atoms with Crippen LogP contribution in [0.2, 0.25) is 5.02 Å². The lowest BCUT2D eigenvalue weighted by molar-refractivity contribution is -0.136. The highest BCUT2D eigenvalue weighted by Gasteiger charge is 2.34. The van der Waals surface area contributed by atoms with Crippen LogP contribution in [0.5, 0.6) is 0 Å². The topological polar surface area (TPSA) is 66.5 Å². The molecule has 0 unspecified atom stereocenters. The third-order valence-corrected chi connectivity index (χ3v) is 5.97. The number of carbonyl (C=O) groups excluding carboxylic acids is 1.